The van der Waals surface area contributed by atoms with Crippen molar-refractivity contribution in [2.75, 3.05) is 6.54 Å². The molecule has 3 heteroatoms. The van der Waals surface area contributed by atoms with Crippen LogP contribution in [0.2, 0.25) is 0 Å². The van der Waals surface area contributed by atoms with E-state index in [4.69, 9.17) is 5.73 Å². The number of amides is 1. The summed E-state index contributed by atoms with van der Waals surface area (Å²) >= 11 is 0. The summed E-state index contributed by atoms with van der Waals surface area (Å²) in [5.74, 6) is 0.0327. The van der Waals surface area contributed by atoms with Gasteiger partial charge in [-0.1, -0.05) is 6.08 Å². The minimum atomic E-state index is -0.293. The summed E-state index contributed by atoms with van der Waals surface area (Å²) in [4.78, 5) is 11.2. The maximum absolute atomic E-state index is 11.2. The van der Waals surface area contributed by atoms with Crippen molar-refractivity contribution in [2.45, 2.75) is 32.2 Å². The molecule has 3 nitrogen and oxygen atoms in total. The topological polar surface area (TPSA) is 55.1 Å². The second-order valence-corrected chi connectivity index (χ2v) is 3.46. The van der Waals surface area contributed by atoms with E-state index in [0.29, 0.717) is 19.4 Å². The van der Waals surface area contributed by atoms with Crippen LogP contribution >= 0.6 is 0 Å². The minimum Gasteiger partial charge on any atom is -0.350 e. The smallest absolute Gasteiger partial charge is 0.220 e. The standard InChI is InChI=1S/C9H18N2O/c1-4-5-6-8(12)11-9(2,3)7-10/h4H,1,5-7,10H2,2-3H3,(H,11,12). The molecule has 0 aromatic carbocycles. The highest BCUT2D eigenvalue weighted by atomic mass is 16.1. The van der Waals surface area contributed by atoms with Crippen LogP contribution in [0.1, 0.15) is 26.7 Å². The zero-order valence-corrected chi connectivity index (χ0v) is 7.89. The Morgan fingerprint density at radius 2 is 2.25 bits per heavy atom. The summed E-state index contributed by atoms with van der Waals surface area (Å²) in [5, 5.41) is 2.83. The predicted molar refractivity (Wildman–Crippen MR) is 50.7 cm³/mol. The summed E-state index contributed by atoms with van der Waals surface area (Å²) in [6, 6.07) is 0. The largest absolute Gasteiger partial charge is 0.350 e. The number of nitrogens with two attached hydrogens (primary N) is 1. The molecule has 0 fully saturated rings. The highest BCUT2D eigenvalue weighted by molar-refractivity contribution is 5.76. The van der Waals surface area contributed by atoms with Crippen molar-refractivity contribution >= 4 is 5.91 Å². The first-order valence-electron chi connectivity index (χ1n) is 4.14. The maximum atomic E-state index is 11.2. The Bertz CT molecular complexity index is 164. The summed E-state index contributed by atoms with van der Waals surface area (Å²) < 4.78 is 0. The van der Waals surface area contributed by atoms with Gasteiger partial charge in [0.15, 0.2) is 0 Å². The Morgan fingerprint density at radius 3 is 2.67 bits per heavy atom. The molecule has 12 heavy (non-hydrogen) atoms. The zero-order chi connectivity index (χ0) is 9.61. The van der Waals surface area contributed by atoms with Crippen molar-refractivity contribution in [1.82, 2.24) is 5.32 Å². The van der Waals surface area contributed by atoms with Crippen LogP contribution in [0.3, 0.4) is 0 Å². The third-order valence-electron chi connectivity index (χ3n) is 1.56. The molecule has 0 saturated heterocycles. The third-order valence-corrected chi connectivity index (χ3v) is 1.56. The van der Waals surface area contributed by atoms with Gasteiger partial charge in [-0.05, 0) is 20.3 Å². The van der Waals surface area contributed by atoms with Crippen LogP contribution in [0.25, 0.3) is 0 Å². The number of hydrogen-bond donors (Lipinski definition) is 2. The van der Waals surface area contributed by atoms with E-state index in [1.54, 1.807) is 6.08 Å². The van der Waals surface area contributed by atoms with Gasteiger partial charge in [0.1, 0.15) is 0 Å². The fourth-order valence-electron chi connectivity index (χ4n) is 0.724. The molecule has 70 valence electrons. The molecular formula is C9H18N2O. The van der Waals surface area contributed by atoms with Crippen molar-refractivity contribution in [3.05, 3.63) is 12.7 Å². The zero-order valence-electron chi connectivity index (χ0n) is 7.89. The lowest BCUT2D eigenvalue weighted by atomic mass is 10.1. The van der Waals surface area contributed by atoms with E-state index in [9.17, 15) is 4.79 Å². The minimum absolute atomic E-state index is 0.0327. The molecule has 0 aromatic heterocycles. The van der Waals surface area contributed by atoms with Gasteiger partial charge in [-0.2, -0.15) is 0 Å². The first-order valence-corrected chi connectivity index (χ1v) is 4.14. The van der Waals surface area contributed by atoms with Gasteiger partial charge in [0, 0.05) is 18.5 Å². The van der Waals surface area contributed by atoms with Gasteiger partial charge in [0.25, 0.3) is 0 Å². The molecule has 0 atom stereocenters. The van der Waals surface area contributed by atoms with Crippen LogP contribution in [0, 0.1) is 0 Å². The molecule has 1 amide bonds. The van der Waals surface area contributed by atoms with Crippen LogP contribution in [-0.2, 0) is 4.79 Å². The molecule has 0 aliphatic carbocycles. The van der Waals surface area contributed by atoms with Crippen LogP contribution in [0.5, 0.6) is 0 Å². The van der Waals surface area contributed by atoms with Gasteiger partial charge in [0.2, 0.25) is 5.91 Å². The van der Waals surface area contributed by atoms with E-state index in [-0.39, 0.29) is 11.4 Å². The molecule has 3 N–H and O–H groups in total. The number of rotatable bonds is 5. The second kappa shape index (κ2) is 4.93. The molecule has 0 radical (unpaired) electrons. The van der Waals surface area contributed by atoms with Gasteiger partial charge in [-0.15, -0.1) is 6.58 Å². The fourth-order valence-corrected chi connectivity index (χ4v) is 0.724. The summed E-state index contributed by atoms with van der Waals surface area (Å²) in [5.41, 5.74) is 5.15. The van der Waals surface area contributed by atoms with Crippen molar-refractivity contribution in [1.29, 1.82) is 0 Å². The van der Waals surface area contributed by atoms with Crippen molar-refractivity contribution in [3.63, 3.8) is 0 Å². The average Bonchev–Trinajstić information content (AvgIpc) is 2.00. The summed E-state index contributed by atoms with van der Waals surface area (Å²) in [6.07, 6.45) is 2.94. The highest BCUT2D eigenvalue weighted by Gasteiger charge is 2.16. The Balaban J connectivity index is 3.75. The van der Waals surface area contributed by atoms with Crippen molar-refractivity contribution in [3.8, 4) is 0 Å². The van der Waals surface area contributed by atoms with Crippen LogP contribution in [-0.4, -0.2) is 18.0 Å². The van der Waals surface area contributed by atoms with Gasteiger partial charge in [0.05, 0.1) is 0 Å². The van der Waals surface area contributed by atoms with E-state index < -0.39 is 0 Å². The molecule has 0 aliphatic heterocycles. The van der Waals surface area contributed by atoms with Gasteiger partial charge in [-0.3, -0.25) is 4.79 Å². The third kappa shape index (κ3) is 4.91. The average molecular weight is 170 g/mol. The number of hydrogen-bond acceptors (Lipinski definition) is 2. The van der Waals surface area contributed by atoms with Gasteiger partial charge in [-0.25, -0.2) is 0 Å². The van der Waals surface area contributed by atoms with Crippen molar-refractivity contribution in [2.24, 2.45) is 5.73 Å². The second-order valence-electron chi connectivity index (χ2n) is 3.46. The normalized spacial score (nSPS) is 10.9. The highest BCUT2D eigenvalue weighted by Crippen LogP contribution is 2.00. The Hall–Kier alpha value is -0.830. The van der Waals surface area contributed by atoms with E-state index in [0.717, 1.165) is 0 Å². The predicted octanol–water partition coefficient (Wildman–Crippen LogP) is 0.806. The number of carbonyl (C=O) groups is 1. The van der Waals surface area contributed by atoms with E-state index in [2.05, 4.69) is 11.9 Å². The molecule has 0 heterocycles. The molecule has 0 bridgehead atoms. The lowest BCUT2D eigenvalue weighted by Gasteiger charge is -2.23. The lowest BCUT2D eigenvalue weighted by molar-refractivity contribution is -0.122. The summed E-state index contributed by atoms with van der Waals surface area (Å²) in [7, 11) is 0. The number of carbonyl (C=O) groups excluding carboxylic acids is 1. The lowest BCUT2D eigenvalue weighted by Crippen LogP contribution is -2.48. The Kier molecular flexibility index (Phi) is 4.59. The van der Waals surface area contributed by atoms with Crippen LogP contribution in [0.4, 0.5) is 0 Å². The molecule has 0 saturated carbocycles. The number of nitrogens with one attached hydrogen (secondary N) is 1. The monoisotopic (exact) mass is 170 g/mol. The van der Waals surface area contributed by atoms with Crippen LogP contribution in [0.15, 0.2) is 12.7 Å². The SMILES string of the molecule is C=CCCC(=O)NC(C)(C)CN. The van der Waals surface area contributed by atoms with Gasteiger partial charge >= 0.3 is 0 Å². The molecule has 0 unspecified atom stereocenters. The molecule has 0 spiro atoms. The van der Waals surface area contributed by atoms with E-state index in [1.165, 1.54) is 0 Å². The maximum Gasteiger partial charge on any atom is 0.220 e. The first kappa shape index (κ1) is 11.2. The molecular weight excluding hydrogens is 152 g/mol. The molecule has 0 aliphatic rings. The van der Waals surface area contributed by atoms with Crippen molar-refractivity contribution < 1.29 is 4.79 Å². The quantitative estimate of drug-likeness (QED) is 0.600. The summed E-state index contributed by atoms with van der Waals surface area (Å²) in [6.45, 7) is 7.80. The van der Waals surface area contributed by atoms with E-state index in [1.807, 2.05) is 13.8 Å². The fraction of sp³-hybridized carbons (Fsp3) is 0.667. The Morgan fingerprint density at radius 1 is 1.67 bits per heavy atom. The van der Waals surface area contributed by atoms with Gasteiger partial charge < -0.3 is 11.1 Å². The molecule has 0 rings (SSSR count). The first-order chi connectivity index (χ1) is 5.52. The van der Waals surface area contributed by atoms with E-state index >= 15 is 0 Å². The Labute approximate surface area is 74.0 Å². The number of allylic oxidation sites excluding steroid dienone is 1. The molecule has 0 aromatic rings. The van der Waals surface area contributed by atoms with Crippen LogP contribution < -0.4 is 11.1 Å².